The van der Waals surface area contributed by atoms with Gasteiger partial charge in [0.1, 0.15) is 0 Å². The number of carbonyl (C=O) groups excluding carboxylic acids is 1. The molecule has 1 saturated carbocycles. The molecule has 0 aromatic rings. The van der Waals surface area contributed by atoms with Gasteiger partial charge in [0.2, 0.25) is 0 Å². The van der Waals surface area contributed by atoms with E-state index in [1.807, 2.05) is 6.92 Å². The van der Waals surface area contributed by atoms with Crippen LogP contribution in [0.2, 0.25) is 0 Å². The van der Waals surface area contributed by atoms with Gasteiger partial charge in [-0.1, -0.05) is 25.5 Å². The molecule has 0 amide bonds. The highest BCUT2D eigenvalue weighted by atomic mass is 16.4. The van der Waals surface area contributed by atoms with Crippen molar-refractivity contribution in [1.29, 1.82) is 0 Å². The zero-order valence-corrected chi connectivity index (χ0v) is 11.1. The molecule has 2 atom stereocenters. The van der Waals surface area contributed by atoms with E-state index in [9.17, 15) is 9.59 Å². The number of allylic oxidation sites excluding steroid dienone is 2. The van der Waals surface area contributed by atoms with Gasteiger partial charge < -0.3 is 5.11 Å². The van der Waals surface area contributed by atoms with E-state index in [0.717, 1.165) is 24.8 Å². The lowest BCUT2D eigenvalue weighted by molar-refractivity contribution is -0.133. The van der Waals surface area contributed by atoms with E-state index in [1.165, 1.54) is 5.57 Å². The highest BCUT2D eigenvalue weighted by Crippen LogP contribution is 2.50. The first-order chi connectivity index (χ1) is 8.35. The van der Waals surface area contributed by atoms with Crippen LogP contribution in [0.15, 0.2) is 23.3 Å². The third kappa shape index (κ3) is 2.02. The van der Waals surface area contributed by atoms with Gasteiger partial charge in [0.05, 0.1) is 0 Å². The van der Waals surface area contributed by atoms with Crippen LogP contribution in [0.1, 0.15) is 46.0 Å². The van der Waals surface area contributed by atoms with Crippen molar-refractivity contribution in [3.05, 3.63) is 23.3 Å². The van der Waals surface area contributed by atoms with Crippen molar-refractivity contribution >= 4 is 11.8 Å². The van der Waals surface area contributed by atoms with Crippen LogP contribution in [0.4, 0.5) is 0 Å². The van der Waals surface area contributed by atoms with Crippen LogP contribution in [-0.4, -0.2) is 16.9 Å². The number of fused-ring (bicyclic) bond motifs is 1. The molecule has 18 heavy (non-hydrogen) atoms. The van der Waals surface area contributed by atoms with Crippen molar-refractivity contribution in [1.82, 2.24) is 0 Å². The lowest BCUT2D eigenvalue weighted by atomic mass is 9.78. The van der Waals surface area contributed by atoms with Gasteiger partial charge in [0.25, 0.3) is 0 Å². The van der Waals surface area contributed by atoms with Crippen molar-refractivity contribution in [2.24, 2.45) is 11.3 Å². The minimum Gasteiger partial charge on any atom is -0.478 e. The van der Waals surface area contributed by atoms with Gasteiger partial charge in [-0.25, -0.2) is 4.79 Å². The summed E-state index contributed by atoms with van der Waals surface area (Å²) in [6.07, 6.45) is 4.11. The Morgan fingerprint density at radius 2 is 2.17 bits per heavy atom. The molecule has 0 spiro atoms. The molecule has 0 heterocycles. The molecule has 2 aliphatic rings. The Bertz CT molecular complexity index is 458. The standard InChI is InChI=1S/C15H20O3/c1-9(14(17)18)11-5-4-6-15(3)8-13(16)10(2)12(15)7-11/h11H,1,4-8H2,2-3H3,(H,17,18)/t11-,15-/m1/s1. The number of rotatable bonds is 2. The molecule has 1 fully saturated rings. The minimum absolute atomic E-state index is 0.0137. The molecule has 2 aliphatic carbocycles. The molecule has 0 unspecified atom stereocenters. The molecule has 3 heteroatoms. The zero-order valence-electron chi connectivity index (χ0n) is 11.1. The number of carbonyl (C=O) groups is 2. The number of hydrogen-bond acceptors (Lipinski definition) is 2. The Hall–Kier alpha value is -1.38. The van der Waals surface area contributed by atoms with Crippen molar-refractivity contribution in [3.63, 3.8) is 0 Å². The van der Waals surface area contributed by atoms with Crippen LogP contribution in [-0.2, 0) is 9.59 Å². The number of Topliss-reactive ketones (excluding diaryl/α,β-unsaturated/α-hetero) is 1. The van der Waals surface area contributed by atoms with Crippen LogP contribution in [0.3, 0.4) is 0 Å². The number of carboxylic acids is 1. The minimum atomic E-state index is -0.911. The van der Waals surface area contributed by atoms with Gasteiger partial charge in [-0.2, -0.15) is 0 Å². The predicted octanol–water partition coefficient (Wildman–Crippen LogP) is 3.11. The van der Waals surface area contributed by atoms with Crippen molar-refractivity contribution in [2.75, 3.05) is 0 Å². The Labute approximate surface area is 108 Å². The van der Waals surface area contributed by atoms with Crippen LogP contribution in [0, 0.1) is 11.3 Å². The zero-order chi connectivity index (χ0) is 13.5. The first kappa shape index (κ1) is 13.1. The second kappa shape index (κ2) is 4.38. The Kier molecular flexibility index (Phi) is 3.18. The number of carboxylic acid groups (broad SMARTS) is 1. The maximum atomic E-state index is 11.9. The van der Waals surface area contributed by atoms with E-state index >= 15 is 0 Å². The summed E-state index contributed by atoms with van der Waals surface area (Å²) in [6, 6.07) is 0. The van der Waals surface area contributed by atoms with E-state index in [4.69, 9.17) is 5.11 Å². The average Bonchev–Trinajstić information content (AvgIpc) is 2.45. The molecule has 0 bridgehead atoms. The highest BCUT2D eigenvalue weighted by Gasteiger charge is 2.42. The SMILES string of the molecule is C=C(C(=O)O)[C@@H]1CCC[C@]2(C)CC(=O)C(C)=C2C1. The molecule has 0 radical (unpaired) electrons. The van der Waals surface area contributed by atoms with Crippen molar-refractivity contribution < 1.29 is 14.7 Å². The average molecular weight is 248 g/mol. The molecule has 0 aromatic carbocycles. The molecule has 2 rings (SSSR count). The van der Waals surface area contributed by atoms with Gasteiger partial charge in [0.15, 0.2) is 5.78 Å². The summed E-state index contributed by atoms with van der Waals surface area (Å²) < 4.78 is 0. The molecule has 98 valence electrons. The number of ketones is 1. The van der Waals surface area contributed by atoms with E-state index in [2.05, 4.69) is 13.5 Å². The second-order valence-corrected chi connectivity index (χ2v) is 5.89. The summed E-state index contributed by atoms with van der Waals surface area (Å²) in [7, 11) is 0. The summed E-state index contributed by atoms with van der Waals surface area (Å²) in [5.74, 6) is -0.694. The summed E-state index contributed by atoms with van der Waals surface area (Å²) in [5, 5.41) is 9.07. The van der Waals surface area contributed by atoms with Gasteiger partial charge in [0, 0.05) is 12.0 Å². The van der Waals surface area contributed by atoms with Gasteiger partial charge in [-0.3, -0.25) is 4.79 Å². The predicted molar refractivity (Wildman–Crippen MR) is 69.2 cm³/mol. The monoisotopic (exact) mass is 248 g/mol. The van der Waals surface area contributed by atoms with Crippen LogP contribution < -0.4 is 0 Å². The fourth-order valence-electron chi connectivity index (χ4n) is 3.41. The smallest absolute Gasteiger partial charge is 0.331 e. The topological polar surface area (TPSA) is 54.4 Å². The fourth-order valence-corrected chi connectivity index (χ4v) is 3.41. The third-order valence-corrected chi connectivity index (χ3v) is 4.65. The largest absolute Gasteiger partial charge is 0.478 e. The van der Waals surface area contributed by atoms with Crippen molar-refractivity contribution in [3.8, 4) is 0 Å². The van der Waals surface area contributed by atoms with Crippen LogP contribution in [0.5, 0.6) is 0 Å². The van der Waals surface area contributed by atoms with E-state index in [1.54, 1.807) is 0 Å². The second-order valence-electron chi connectivity index (χ2n) is 5.89. The summed E-state index contributed by atoms with van der Waals surface area (Å²) in [4.78, 5) is 22.9. The van der Waals surface area contributed by atoms with Gasteiger partial charge in [-0.15, -0.1) is 0 Å². The molecule has 1 N–H and O–H groups in total. The first-order valence-corrected chi connectivity index (χ1v) is 6.50. The summed E-state index contributed by atoms with van der Waals surface area (Å²) in [6.45, 7) is 7.72. The molecule has 0 saturated heterocycles. The molecular formula is C15H20O3. The molecule has 3 nitrogen and oxygen atoms in total. The lowest BCUT2D eigenvalue weighted by Crippen LogP contribution is -2.16. The van der Waals surface area contributed by atoms with Gasteiger partial charge >= 0.3 is 5.97 Å². The summed E-state index contributed by atoms with van der Waals surface area (Å²) >= 11 is 0. The fraction of sp³-hybridized carbons (Fsp3) is 0.600. The first-order valence-electron chi connectivity index (χ1n) is 6.50. The number of hydrogen-bond donors (Lipinski definition) is 1. The maximum absolute atomic E-state index is 11.9. The lowest BCUT2D eigenvalue weighted by Gasteiger charge is -2.25. The molecular weight excluding hydrogens is 228 g/mol. The summed E-state index contributed by atoms with van der Waals surface area (Å²) in [5.41, 5.74) is 2.30. The molecule has 0 aromatic heterocycles. The van der Waals surface area contributed by atoms with Gasteiger partial charge in [-0.05, 0) is 43.1 Å². The van der Waals surface area contributed by atoms with Crippen molar-refractivity contribution in [2.45, 2.75) is 46.0 Å². The third-order valence-electron chi connectivity index (χ3n) is 4.65. The maximum Gasteiger partial charge on any atom is 0.331 e. The Morgan fingerprint density at radius 1 is 1.50 bits per heavy atom. The van der Waals surface area contributed by atoms with E-state index < -0.39 is 5.97 Å². The van der Waals surface area contributed by atoms with E-state index in [-0.39, 0.29) is 17.1 Å². The normalized spacial score (nSPS) is 32.1. The van der Waals surface area contributed by atoms with Crippen LogP contribution >= 0.6 is 0 Å². The van der Waals surface area contributed by atoms with E-state index in [0.29, 0.717) is 18.4 Å². The molecule has 0 aliphatic heterocycles. The quantitative estimate of drug-likeness (QED) is 0.764. The number of aliphatic carboxylic acids is 1. The Balaban J connectivity index is 2.32. The Morgan fingerprint density at radius 3 is 2.78 bits per heavy atom. The highest BCUT2D eigenvalue weighted by molar-refractivity contribution is 5.99. The van der Waals surface area contributed by atoms with Crippen LogP contribution in [0.25, 0.3) is 0 Å².